The third kappa shape index (κ3) is 2.93. The van der Waals surface area contributed by atoms with Crippen molar-refractivity contribution < 1.29 is 14.9 Å². The fourth-order valence-electron chi connectivity index (χ4n) is 5.18. The molecule has 0 amide bonds. The first kappa shape index (κ1) is 18.4. The van der Waals surface area contributed by atoms with E-state index in [-0.39, 0.29) is 5.54 Å². The van der Waals surface area contributed by atoms with Crippen LogP contribution in [0.4, 0.5) is 0 Å². The van der Waals surface area contributed by atoms with E-state index >= 15 is 0 Å². The fourth-order valence-corrected chi connectivity index (χ4v) is 5.18. The highest BCUT2D eigenvalue weighted by Crippen LogP contribution is 2.40. The SMILES string of the molecule is CN1CCC2(CCCN2C[C@H]2O[C@@H](n3cnc4cncnc43)[C@H](O)[C@@H]2O)CC1. The molecule has 0 bridgehead atoms. The van der Waals surface area contributed by atoms with Crippen LogP contribution in [0.5, 0.6) is 0 Å². The molecule has 3 aliphatic heterocycles. The molecule has 9 nitrogen and oxygen atoms in total. The minimum absolute atomic E-state index is 0.216. The molecule has 0 saturated carbocycles. The van der Waals surface area contributed by atoms with Gasteiger partial charge in [0.2, 0.25) is 0 Å². The van der Waals surface area contributed by atoms with Gasteiger partial charge >= 0.3 is 0 Å². The molecule has 2 aromatic rings. The van der Waals surface area contributed by atoms with Gasteiger partial charge in [0.1, 0.15) is 30.2 Å². The number of aromatic nitrogens is 4. The molecule has 9 heteroatoms. The average Bonchev–Trinajstić information content (AvgIpc) is 3.37. The van der Waals surface area contributed by atoms with Crippen molar-refractivity contribution in [2.75, 3.05) is 33.2 Å². The van der Waals surface area contributed by atoms with Gasteiger partial charge in [-0.05, 0) is 52.4 Å². The summed E-state index contributed by atoms with van der Waals surface area (Å²) < 4.78 is 7.86. The molecule has 152 valence electrons. The van der Waals surface area contributed by atoms with E-state index in [0.29, 0.717) is 17.7 Å². The summed E-state index contributed by atoms with van der Waals surface area (Å²) in [5.74, 6) is 0. The Morgan fingerprint density at radius 3 is 2.79 bits per heavy atom. The number of fused-ring (bicyclic) bond motifs is 1. The molecule has 0 unspecified atom stereocenters. The van der Waals surface area contributed by atoms with Gasteiger partial charge in [0.15, 0.2) is 11.9 Å². The van der Waals surface area contributed by atoms with Crippen LogP contribution in [0, 0.1) is 0 Å². The van der Waals surface area contributed by atoms with Crippen LogP contribution in [-0.4, -0.2) is 96.6 Å². The van der Waals surface area contributed by atoms with Gasteiger partial charge in [-0.25, -0.2) is 15.0 Å². The molecule has 0 aromatic carbocycles. The zero-order valence-corrected chi connectivity index (χ0v) is 16.2. The number of likely N-dealkylation sites (tertiary alicyclic amines) is 2. The topological polar surface area (TPSA) is 99.8 Å². The lowest BCUT2D eigenvalue weighted by Crippen LogP contribution is -2.54. The van der Waals surface area contributed by atoms with Gasteiger partial charge in [-0.15, -0.1) is 0 Å². The minimum Gasteiger partial charge on any atom is -0.387 e. The molecule has 0 radical (unpaired) electrons. The predicted molar refractivity (Wildman–Crippen MR) is 102 cm³/mol. The molecule has 5 rings (SSSR count). The van der Waals surface area contributed by atoms with Gasteiger partial charge in [0.05, 0.1) is 12.5 Å². The first-order valence-corrected chi connectivity index (χ1v) is 10.2. The Hall–Kier alpha value is -1.65. The van der Waals surface area contributed by atoms with Crippen LogP contribution in [0.25, 0.3) is 11.2 Å². The van der Waals surface area contributed by atoms with Gasteiger partial charge in [0.25, 0.3) is 0 Å². The fraction of sp³-hybridized carbons (Fsp3) is 0.737. The summed E-state index contributed by atoms with van der Waals surface area (Å²) in [6, 6.07) is 0. The molecule has 1 spiro atoms. The number of hydrogen-bond donors (Lipinski definition) is 2. The molecule has 3 saturated heterocycles. The van der Waals surface area contributed by atoms with E-state index in [9.17, 15) is 10.2 Å². The van der Waals surface area contributed by atoms with Crippen molar-refractivity contribution in [2.24, 2.45) is 0 Å². The lowest BCUT2D eigenvalue weighted by molar-refractivity contribution is -0.0571. The van der Waals surface area contributed by atoms with Gasteiger partial charge in [-0.2, -0.15) is 0 Å². The Kier molecular flexibility index (Phi) is 4.59. The number of ether oxygens (including phenoxy) is 1. The first-order valence-electron chi connectivity index (χ1n) is 10.2. The highest BCUT2D eigenvalue weighted by atomic mass is 16.6. The van der Waals surface area contributed by atoms with E-state index in [4.69, 9.17) is 4.74 Å². The molecule has 28 heavy (non-hydrogen) atoms. The summed E-state index contributed by atoms with van der Waals surface area (Å²) in [7, 11) is 2.18. The third-order valence-corrected chi connectivity index (χ3v) is 6.91. The Labute approximate surface area is 164 Å². The van der Waals surface area contributed by atoms with Crippen molar-refractivity contribution in [1.82, 2.24) is 29.3 Å². The lowest BCUT2D eigenvalue weighted by Gasteiger charge is -2.45. The smallest absolute Gasteiger partial charge is 0.165 e. The Morgan fingerprint density at radius 2 is 1.96 bits per heavy atom. The average molecular weight is 388 g/mol. The Bertz CT molecular complexity index is 836. The summed E-state index contributed by atoms with van der Waals surface area (Å²) in [5.41, 5.74) is 1.45. The second-order valence-electron chi connectivity index (χ2n) is 8.51. The Balaban J connectivity index is 1.34. The van der Waals surface area contributed by atoms with Crippen LogP contribution in [-0.2, 0) is 4.74 Å². The van der Waals surface area contributed by atoms with E-state index in [1.54, 1.807) is 17.1 Å². The standard InChI is InChI=1S/C19H28N6O3/c1-23-7-4-19(5-8-23)3-2-6-24(19)10-14-15(26)16(27)18(28-14)25-12-22-13-9-20-11-21-17(13)25/h9,11-12,14-16,18,26-27H,2-8,10H2,1H3/t14-,15-,16-,18-/m1/s1. The molecule has 3 aliphatic rings. The molecule has 2 N–H and O–H groups in total. The van der Waals surface area contributed by atoms with Crippen molar-refractivity contribution >= 4 is 11.2 Å². The van der Waals surface area contributed by atoms with Crippen molar-refractivity contribution in [3.05, 3.63) is 18.9 Å². The third-order valence-electron chi connectivity index (χ3n) is 6.91. The second kappa shape index (κ2) is 7.00. The zero-order valence-electron chi connectivity index (χ0n) is 16.2. The van der Waals surface area contributed by atoms with Crippen LogP contribution in [0.3, 0.4) is 0 Å². The predicted octanol–water partition coefficient (Wildman–Crippen LogP) is 0.00570. The van der Waals surface area contributed by atoms with E-state index in [1.165, 1.54) is 19.2 Å². The van der Waals surface area contributed by atoms with Crippen LogP contribution in [0.1, 0.15) is 31.9 Å². The summed E-state index contributed by atoms with van der Waals surface area (Å²) in [6.07, 6.45) is 6.28. The van der Waals surface area contributed by atoms with Gasteiger partial charge in [-0.1, -0.05) is 0 Å². The number of hydrogen-bond acceptors (Lipinski definition) is 8. The van der Waals surface area contributed by atoms with Crippen molar-refractivity contribution in [3.8, 4) is 0 Å². The lowest BCUT2D eigenvalue weighted by atomic mass is 9.85. The molecule has 4 atom stereocenters. The quantitative estimate of drug-likeness (QED) is 0.758. The number of rotatable bonds is 3. The second-order valence-corrected chi connectivity index (χ2v) is 8.51. The van der Waals surface area contributed by atoms with Gasteiger partial charge in [0, 0.05) is 12.1 Å². The van der Waals surface area contributed by atoms with Crippen molar-refractivity contribution in [1.29, 1.82) is 0 Å². The van der Waals surface area contributed by atoms with Crippen LogP contribution in [0.15, 0.2) is 18.9 Å². The molecule has 3 fully saturated rings. The Morgan fingerprint density at radius 1 is 1.14 bits per heavy atom. The monoisotopic (exact) mass is 388 g/mol. The van der Waals surface area contributed by atoms with E-state index in [2.05, 4.69) is 31.8 Å². The maximum absolute atomic E-state index is 10.7. The number of piperidine rings is 1. The van der Waals surface area contributed by atoms with Gasteiger partial charge < -0.3 is 19.8 Å². The number of aliphatic hydroxyl groups is 2. The number of aliphatic hydroxyl groups excluding tert-OH is 2. The molecular weight excluding hydrogens is 360 g/mol. The van der Waals surface area contributed by atoms with Gasteiger partial charge in [-0.3, -0.25) is 9.47 Å². The normalized spacial score (nSPS) is 34.0. The minimum atomic E-state index is -1.02. The number of nitrogens with zero attached hydrogens (tertiary/aromatic N) is 6. The van der Waals surface area contributed by atoms with E-state index in [1.807, 2.05) is 0 Å². The van der Waals surface area contributed by atoms with Crippen LogP contribution < -0.4 is 0 Å². The van der Waals surface area contributed by atoms with E-state index < -0.39 is 24.5 Å². The first-order chi connectivity index (χ1) is 13.6. The molecule has 5 heterocycles. The van der Waals surface area contributed by atoms with Crippen molar-refractivity contribution in [3.63, 3.8) is 0 Å². The summed E-state index contributed by atoms with van der Waals surface area (Å²) in [6.45, 7) is 3.88. The molecular formula is C19H28N6O3. The summed E-state index contributed by atoms with van der Waals surface area (Å²) in [4.78, 5) is 17.4. The van der Waals surface area contributed by atoms with E-state index in [0.717, 1.165) is 32.5 Å². The maximum Gasteiger partial charge on any atom is 0.165 e. The summed E-state index contributed by atoms with van der Waals surface area (Å²) >= 11 is 0. The molecule has 0 aliphatic carbocycles. The van der Waals surface area contributed by atoms with Crippen LogP contribution >= 0.6 is 0 Å². The molecule has 2 aromatic heterocycles. The maximum atomic E-state index is 10.7. The highest BCUT2D eigenvalue weighted by molar-refractivity contribution is 5.69. The zero-order chi connectivity index (χ0) is 19.3. The number of imidazole rings is 1. The largest absolute Gasteiger partial charge is 0.387 e. The van der Waals surface area contributed by atoms with Crippen LogP contribution in [0.2, 0.25) is 0 Å². The van der Waals surface area contributed by atoms with Crippen molar-refractivity contribution in [2.45, 2.75) is 55.8 Å². The highest BCUT2D eigenvalue weighted by Gasteiger charge is 2.49. The summed E-state index contributed by atoms with van der Waals surface area (Å²) in [5, 5.41) is 21.4.